The fraction of sp³-hybridized carbons (Fsp3) is 1.00. The molecule has 92 valence electrons. The van der Waals surface area contributed by atoms with Gasteiger partial charge >= 0.3 is 0 Å². The number of rotatable bonds is 7. The molecular formula is C15H29B. The Morgan fingerprint density at radius 2 is 1.69 bits per heavy atom. The van der Waals surface area contributed by atoms with Crippen LogP contribution in [-0.2, 0) is 0 Å². The fourth-order valence-corrected chi connectivity index (χ4v) is 3.33. The Kier molecular flexibility index (Phi) is 5.40. The lowest BCUT2D eigenvalue weighted by molar-refractivity contribution is 0.174. The Bertz CT molecular complexity index is 194. The molecule has 1 aliphatic rings. The maximum atomic E-state index is 6.66. The van der Waals surface area contributed by atoms with Gasteiger partial charge in [-0.25, -0.2) is 0 Å². The normalized spacial score (nSPS) is 23.2. The Hall–Kier alpha value is 0.0649. The van der Waals surface area contributed by atoms with Gasteiger partial charge in [-0.15, -0.1) is 0 Å². The van der Waals surface area contributed by atoms with Gasteiger partial charge in [0, 0.05) is 0 Å². The van der Waals surface area contributed by atoms with E-state index in [1.54, 1.807) is 0 Å². The zero-order chi connectivity index (χ0) is 12.1. The predicted molar refractivity (Wildman–Crippen MR) is 74.1 cm³/mol. The molecule has 1 atom stereocenters. The van der Waals surface area contributed by atoms with Crippen molar-refractivity contribution in [3.8, 4) is 0 Å². The van der Waals surface area contributed by atoms with Gasteiger partial charge < -0.3 is 0 Å². The van der Waals surface area contributed by atoms with Crippen molar-refractivity contribution in [1.29, 1.82) is 0 Å². The first-order valence-electron chi connectivity index (χ1n) is 7.37. The summed E-state index contributed by atoms with van der Waals surface area (Å²) in [6.07, 6.45) is 13.3. The van der Waals surface area contributed by atoms with Gasteiger partial charge in [0.25, 0.3) is 0 Å². The van der Waals surface area contributed by atoms with Crippen LogP contribution in [0.2, 0.25) is 5.31 Å². The molecule has 0 heterocycles. The molecule has 1 fully saturated rings. The number of hydrogen-bond acceptors (Lipinski definition) is 0. The van der Waals surface area contributed by atoms with Gasteiger partial charge in [-0.1, -0.05) is 83.9 Å². The molecule has 2 radical (unpaired) electrons. The third-order valence-corrected chi connectivity index (χ3v) is 5.06. The fourth-order valence-electron chi connectivity index (χ4n) is 3.33. The topological polar surface area (TPSA) is 0 Å². The summed E-state index contributed by atoms with van der Waals surface area (Å²) in [5.41, 5.74) is 0.386. The maximum Gasteiger partial charge on any atom is 0.0753 e. The number of unbranched alkanes of at least 4 members (excludes halogenated alkanes) is 3. The van der Waals surface area contributed by atoms with E-state index in [1.165, 1.54) is 64.2 Å². The van der Waals surface area contributed by atoms with Crippen LogP contribution in [0.3, 0.4) is 0 Å². The van der Waals surface area contributed by atoms with Crippen molar-refractivity contribution in [1.82, 2.24) is 0 Å². The Morgan fingerprint density at radius 1 is 1.06 bits per heavy atom. The summed E-state index contributed by atoms with van der Waals surface area (Å²) >= 11 is 0. The average molecular weight is 220 g/mol. The van der Waals surface area contributed by atoms with Gasteiger partial charge in [-0.3, -0.25) is 0 Å². The summed E-state index contributed by atoms with van der Waals surface area (Å²) < 4.78 is 0. The molecule has 0 saturated heterocycles. The Balaban J connectivity index is 2.48. The molecule has 0 aromatic carbocycles. The molecular weight excluding hydrogens is 191 g/mol. The van der Waals surface area contributed by atoms with Gasteiger partial charge in [0.2, 0.25) is 0 Å². The monoisotopic (exact) mass is 220 g/mol. The molecule has 0 N–H and O–H groups in total. The van der Waals surface area contributed by atoms with E-state index in [0.717, 1.165) is 0 Å². The van der Waals surface area contributed by atoms with Crippen molar-refractivity contribution in [3.63, 3.8) is 0 Å². The summed E-state index contributed by atoms with van der Waals surface area (Å²) in [5.74, 6) is 0. The highest BCUT2D eigenvalue weighted by Crippen LogP contribution is 2.58. The summed E-state index contributed by atoms with van der Waals surface area (Å²) in [6.45, 7) is 7.04. The molecule has 16 heavy (non-hydrogen) atoms. The van der Waals surface area contributed by atoms with Crippen LogP contribution in [0.5, 0.6) is 0 Å². The summed E-state index contributed by atoms with van der Waals surface area (Å²) in [6, 6.07) is 0. The minimum absolute atomic E-state index is 0.147. The van der Waals surface area contributed by atoms with E-state index in [4.69, 9.17) is 7.85 Å². The predicted octanol–water partition coefficient (Wildman–Crippen LogP) is 5.27. The Morgan fingerprint density at radius 3 is 2.19 bits per heavy atom. The summed E-state index contributed by atoms with van der Waals surface area (Å²) in [7, 11) is 6.66. The third kappa shape index (κ3) is 3.05. The quantitative estimate of drug-likeness (QED) is 0.404. The molecule has 0 aromatic rings. The van der Waals surface area contributed by atoms with Crippen molar-refractivity contribution in [2.45, 2.75) is 90.3 Å². The lowest BCUT2D eigenvalue weighted by Crippen LogP contribution is -2.32. The molecule has 0 aliphatic heterocycles. The van der Waals surface area contributed by atoms with Crippen LogP contribution in [0.1, 0.15) is 85.0 Å². The minimum atomic E-state index is 0.147. The van der Waals surface area contributed by atoms with Crippen LogP contribution < -0.4 is 0 Å². The van der Waals surface area contributed by atoms with Gasteiger partial charge in [0.1, 0.15) is 0 Å². The van der Waals surface area contributed by atoms with Crippen molar-refractivity contribution in [3.05, 3.63) is 0 Å². The standard InChI is InChI=1S/C15H29B/c1-4-6-7-8-11-14(3,5-2)15(16)12-9-10-13-15/h4-13H2,1-3H3. The second-order valence-corrected chi connectivity index (χ2v) is 6.09. The van der Waals surface area contributed by atoms with E-state index in [9.17, 15) is 0 Å². The first kappa shape index (κ1) is 14.1. The second kappa shape index (κ2) is 6.12. The second-order valence-electron chi connectivity index (χ2n) is 6.09. The van der Waals surface area contributed by atoms with Crippen LogP contribution in [0.4, 0.5) is 0 Å². The van der Waals surface area contributed by atoms with Crippen LogP contribution >= 0.6 is 0 Å². The lowest BCUT2D eigenvalue weighted by atomic mass is 9.49. The van der Waals surface area contributed by atoms with Crippen LogP contribution in [0.15, 0.2) is 0 Å². The van der Waals surface area contributed by atoms with Crippen LogP contribution in [0, 0.1) is 5.41 Å². The zero-order valence-corrected chi connectivity index (χ0v) is 11.6. The van der Waals surface area contributed by atoms with Gasteiger partial charge in [0.05, 0.1) is 7.85 Å². The highest BCUT2D eigenvalue weighted by molar-refractivity contribution is 6.16. The van der Waals surface area contributed by atoms with Crippen molar-refractivity contribution in [2.24, 2.45) is 5.41 Å². The SMILES string of the molecule is [B]C1(C(C)(CC)CCCCCC)CCCC1. The molecule has 1 unspecified atom stereocenters. The van der Waals surface area contributed by atoms with Gasteiger partial charge in [0.15, 0.2) is 0 Å². The highest BCUT2D eigenvalue weighted by atomic mass is 14.4. The van der Waals surface area contributed by atoms with Crippen molar-refractivity contribution >= 4 is 7.85 Å². The molecule has 1 aliphatic carbocycles. The first-order chi connectivity index (χ1) is 7.58. The lowest BCUT2D eigenvalue weighted by Gasteiger charge is -2.45. The third-order valence-electron chi connectivity index (χ3n) is 5.06. The molecule has 1 heteroatoms. The molecule has 0 spiro atoms. The van der Waals surface area contributed by atoms with E-state index in [-0.39, 0.29) is 5.31 Å². The van der Waals surface area contributed by atoms with Crippen molar-refractivity contribution in [2.75, 3.05) is 0 Å². The maximum absolute atomic E-state index is 6.66. The zero-order valence-electron chi connectivity index (χ0n) is 11.6. The molecule has 1 saturated carbocycles. The molecule has 1 rings (SSSR count). The van der Waals surface area contributed by atoms with E-state index in [0.29, 0.717) is 5.41 Å². The van der Waals surface area contributed by atoms with Gasteiger partial charge in [-0.2, -0.15) is 0 Å². The van der Waals surface area contributed by atoms with E-state index in [2.05, 4.69) is 20.8 Å². The Labute approximate surface area is 104 Å². The summed E-state index contributed by atoms with van der Waals surface area (Å²) in [5, 5.41) is 0.147. The van der Waals surface area contributed by atoms with E-state index in [1.807, 2.05) is 0 Å². The van der Waals surface area contributed by atoms with Gasteiger partial charge in [-0.05, 0) is 11.8 Å². The highest BCUT2D eigenvalue weighted by Gasteiger charge is 2.43. The minimum Gasteiger partial charge on any atom is -0.0654 e. The van der Waals surface area contributed by atoms with Crippen LogP contribution in [-0.4, -0.2) is 7.85 Å². The van der Waals surface area contributed by atoms with E-state index >= 15 is 0 Å². The molecule has 0 bridgehead atoms. The molecule has 0 aromatic heterocycles. The number of hydrogen-bond donors (Lipinski definition) is 0. The average Bonchev–Trinajstić information content (AvgIpc) is 2.73. The molecule has 0 nitrogen and oxygen atoms in total. The molecule has 0 amide bonds. The largest absolute Gasteiger partial charge is 0.0753 e. The van der Waals surface area contributed by atoms with Crippen molar-refractivity contribution < 1.29 is 0 Å². The smallest absolute Gasteiger partial charge is 0.0654 e. The summed E-state index contributed by atoms with van der Waals surface area (Å²) in [4.78, 5) is 0. The first-order valence-corrected chi connectivity index (χ1v) is 7.37. The van der Waals surface area contributed by atoms with E-state index < -0.39 is 0 Å². The van der Waals surface area contributed by atoms with Crippen LogP contribution in [0.25, 0.3) is 0 Å².